The fourth-order valence-electron chi connectivity index (χ4n) is 2.30. The highest BCUT2D eigenvalue weighted by Crippen LogP contribution is 2.10. The minimum Gasteiger partial charge on any atom is -0.340 e. The molecule has 0 spiro atoms. The zero-order chi connectivity index (χ0) is 13.0. The number of aryl methyl sites for hydroxylation is 1. The van der Waals surface area contributed by atoms with Crippen molar-refractivity contribution in [2.24, 2.45) is 0 Å². The van der Waals surface area contributed by atoms with E-state index in [4.69, 9.17) is 0 Å². The minimum atomic E-state index is -0.0404. The maximum absolute atomic E-state index is 11.6. The molecule has 0 unspecified atom stereocenters. The predicted molar refractivity (Wildman–Crippen MR) is 73.2 cm³/mol. The number of anilines is 1. The minimum absolute atomic E-state index is 0.0404. The van der Waals surface area contributed by atoms with Crippen LogP contribution in [0, 0.1) is 0 Å². The van der Waals surface area contributed by atoms with Crippen LogP contribution in [-0.2, 0) is 6.42 Å². The second kappa shape index (κ2) is 6.00. The summed E-state index contributed by atoms with van der Waals surface area (Å²) in [4.78, 5) is 23.6. The van der Waals surface area contributed by atoms with Gasteiger partial charge in [-0.15, -0.1) is 0 Å². The number of piperazine rings is 1. The third-order valence-electron chi connectivity index (χ3n) is 3.41. The van der Waals surface area contributed by atoms with Crippen molar-refractivity contribution < 1.29 is 0 Å². The van der Waals surface area contributed by atoms with Crippen LogP contribution < -0.4 is 10.5 Å². The van der Waals surface area contributed by atoms with Crippen molar-refractivity contribution in [3.63, 3.8) is 0 Å². The van der Waals surface area contributed by atoms with Crippen LogP contribution in [-0.4, -0.2) is 47.6 Å². The summed E-state index contributed by atoms with van der Waals surface area (Å²) in [6.07, 6.45) is 1.88. The number of rotatable bonds is 4. The van der Waals surface area contributed by atoms with Gasteiger partial charge in [-0.25, -0.2) is 4.98 Å². The summed E-state index contributed by atoms with van der Waals surface area (Å²) in [7, 11) is 0. The van der Waals surface area contributed by atoms with Gasteiger partial charge in [-0.1, -0.05) is 20.3 Å². The molecule has 0 aromatic carbocycles. The molecule has 0 aliphatic carbocycles. The van der Waals surface area contributed by atoms with E-state index in [1.807, 2.05) is 0 Å². The van der Waals surface area contributed by atoms with Gasteiger partial charge < -0.3 is 9.80 Å². The van der Waals surface area contributed by atoms with E-state index in [0.29, 0.717) is 0 Å². The lowest BCUT2D eigenvalue weighted by atomic mass is 10.2. The molecule has 1 N–H and O–H groups in total. The lowest BCUT2D eigenvalue weighted by molar-refractivity contribution is 0.269. The highest BCUT2D eigenvalue weighted by atomic mass is 16.1. The van der Waals surface area contributed by atoms with Crippen molar-refractivity contribution in [1.29, 1.82) is 0 Å². The molecular weight excluding hydrogens is 228 g/mol. The van der Waals surface area contributed by atoms with E-state index in [2.05, 4.69) is 33.6 Å². The Morgan fingerprint density at radius 2 is 2.00 bits per heavy atom. The first kappa shape index (κ1) is 13.1. The monoisotopic (exact) mass is 250 g/mol. The van der Waals surface area contributed by atoms with Gasteiger partial charge >= 0.3 is 0 Å². The van der Waals surface area contributed by atoms with Gasteiger partial charge in [-0.2, -0.15) is 0 Å². The molecule has 5 nitrogen and oxygen atoms in total. The fourth-order valence-corrected chi connectivity index (χ4v) is 2.30. The van der Waals surface area contributed by atoms with Crippen LogP contribution >= 0.6 is 0 Å². The molecule has 18 heavy (non-hydrogen) atoms. The molecule has 0 atom stereocenters. The van der Waals surface area contributed by atoms with Crippen LogP contribution in [0.25, 0.3) is 0 Å². The summed E-state index contributed by atoms with van der Waals surface area (Å²) >= 11 is 0. The molecule has 1 aliphatic rings. The summed E-state index contributed by atoms with van der Waals surface area (Å²) in [6, 6.07) is 1.61. The van der Waals surface area contributed by atoms with Crippen molar-refractivity contribution in [2.45, 2.75) is 26.7 Å². The van der Waals surface area contributed by atoms with Gasteiger partial charge in [-0.3, -0.25) is 9.78 Å². The number of H-pyrrole nitrogens is 1. The van der Waals surface area contributed by atoms with E-state index in [1.54, 1.807) is 6.07 Å². The predicted octanol–water partition coefficient (Wildman–Crippen LogP) is 0.864. The van der Waals surface area contributed by atoms with Gasteiger partial charge in [0.25, 0.3) is 5.56 Å². The average molecular weight is 250 g/mol. The van der Waals surface area contributed by atoms with Gasteiger partial charge in [0.1, 0.15) is 0 Å². The summed E-state index contributed by atoms with van der Waals surface area (Å²) in [5, 5.41) is 0. The molecule has 1 fully saturated rings. The molecule has 0 saturated carbocycles. The highest BCUT2D eigenvalue weighted by molar-refractivity contribution is 5.31. The van der Waals surface area contributed by atoms with E-state index in [-0.39, 0.29) is 5.56 Å². The number of likely N-dealkylation sites (N-methyl/N-ethyl adjacent to an activating group) is 1. The number of hydrogen-bond donors (Lipinski definition) is 1. The Labute approximate surface area is 108 Å². The highest BCUT2D eigenvalue weighted by Gasteiger charge is 2.17. The van der Waals surface area contributed by atoms with E-state index in [1.165, 1.54) is 0 Å². The Bertz CT molecular complexity index is 435. The quantitative estimate of drug-likeness (QED) is 0.861. The zero-order valence-electron chi connectivity index (χ0n) is 11.3. The SMILES string of the molecule is CCCc1cc(=O)[nH]c(N2CCN(CC)CC2)n1. The lowest BCUT2D eigenvalue weighted by Crippen LogP contribution is -2.47. The number of hydrogen-bond acceptors (Lipinski definition) is 4. The van der Waals surface area contributed by atoms with Crippen LogP contribution in [0.15, 0.2) is 10.9 Å². The van der Waals surface area contributed by atoms with Gasteiger partial charge in [0.15, 0.2) is 0 Å². The normalized spacial score (nSPS) is 17.1. The van der Waals surface area contributed by atoms with Crippen molar-refractivity contribution in [1.82, 2.24) is 14.9 Å². The van der Waals surface area contributed by atoms with Crippen molar-refractivity contribution >= 4 is 5.95 Å². The molecule has 2 heterocycles. The first-order valence-electron chi connectivity index (χ1n) is 6.80. The summed E-state index contributed by atoms with van der Waals surface area (Å²) < 4.78 is 0. The molecule has 1 aromatic heterocycles. The van der Waals surface area contributed by atoms with Crippen molar-refractivity contribution in [2.75, 3.05) is 37.6 Å². The van der Waals surface area contributed by atoms with Crippen LogP contribution in [0.5, 0.6) is 0 Å². The molecule has 0 bridgehead atoms. The van der Waals surface area contributed by atoms with E-state index >= 15 is 0 Å². The maximum Gasteiger partial charge on any atom is 0.252 e. The Morgan fingerprint density at radius 1 is 1.28 bits per heavy atom. The Morgan fingerprint density at radius 3 is 2.61 bits per heavy atom. The third kappa shape index (κ3) is 3.10. The Balaban J connectivity index is 2.11. The summed E-state index contributed by atoms with van der Waals surface area (Å²) in [5.41, 5.74) is 0.857. The summed E-state index contributed by atoms with van der Waals surface area (Å²) in [6.45, 7) is 9.32. The Hall–Kier alpha value is -1.36. The first-order valence-corrected chi connectivity index (χ1v) is 6.80. The third-order valence-corrected chi connectivity index (χ3v) is 3.41. The molecule has 0 radical (unpaired) electrons. The van der Waals surface area contributed by atoms with E-state index in [0.717, 1.165) is 57.2 Å². The van der Waals surface area contributed by atoms with Crippen LogP contribution in [0.2, 0.25) is 0 Å². The molecule has 1 aliphatic heterocycles. The number of nitrogens with zero attached hydrogens (tertiary/aromatic N) is 3. The second-order valence-corrected chi connectivity index (χ2v) is 4.73. The topological polar surface area (TPSA) is 52.2 Å². The van der Waals surface area contributed by atoms with Crippen molar-refractivity contribution in [3.8, 4) is 0 Å². The largest absolute Gasteiger partial charge is 0.340 e. The molecule has 1 saturated heterocycles. The molecule has 100 valence electrons. The molecule has 2 rings (SSSR count). The van der Waals surface area contributed by atoms with Gasteiger partial charge in [0, 0.05) is 37.9 Å². The van der Waals surface area contributed by atoms with E-state index in [9.17, 15) is 4.79 Å². The van der Waals surface area contributed by atoms with Gasteiger partial charge in [-0.05, 0) is 13.0 Å². The molecule has 1 aromatic rings. The fraction of sp³-hybridized carbons (Fsp3) is 0.692. The number of aromatic nitrogens is 2. The lowest BCUT2D eigenvalue weighted by Gasteiger charge is -2.34. The van der Waals surface area contributed by atoms with Crippen LogP contribution in [0.3, 0.4) is 0 Å². The van der Waals surface area contributed by atoms with Crippen molar-refractivity contribution in [3.05, 3.63) is 22.1 Å². The van der Waals surface area contributed by atoms with Crippen LogP contribution in [0.1, 0.15) is 26.0 Å². The molecule has 0 amide bonds. The smallest absolute Gasteiger partial charge is 0.252 e. The first-order chi connectivity index (χ1) is 8.72. The maximum atomic E-state index is 11.6. The molecular formula is C13H22N4O. The number of aromatic amines is 1. The van der Waals surface area contributed by atoms with E-state index < -0.39 is 0 Å². The average Bonchev–Trinajstić information content (AvgIpc) is 2.38. The molecule has 5 heteroatoms. The van der Waals surface area contributed by atoms with Gasteiger partial charge in [0.2, 0.25) is 5.95 Å². The number of nitrogens with one attached hydrogen (secondary N) is 1. The zero-order valence-corrected chi connectivity index (χ0v) is 11.3. The summed E-state index contributed by atoms with van der Waals surface area (Å²) in [5.74, 6) is 0.738. The standard InChI is InChI=1S/C13H22N4O/c1-3-5-11-10-12(18)15-13(14-11)17-8-6-16(4-2)7-9-17/h10H,3-9H2,1-2H3,(H,14,15,18). The Kier molecular flexibility index (Phi) is 4.36. The second-order valence-electron chi connectivity index (χ2n) is 4.73. The van der Waals surface area contributed by atoms with Crippen LogP contribution in [0.4, 0.5) is 5.95 Å². The van der Waals surface area contributed by atoms with Gasteiger partial charge in [0.05, 0.1) is 0 Å².